The van der Waals surface area contributed by atoms with E-state index in [-0.39, 0.29) is 24.1 Å². The fourth-order valence-corrected chi connectivity index (χ4v) is 3.78. The molecule has 0 saturated carbocycles. The Labute approximate surface area is 177 Å². The highest BCUT2D eigenvalue weighted by Gasteiger charge is 2.39. The molecule has 3 amide bonds. The third-order valence-electron chi connectivity index (χ3n) is 5.38. The lowest BCUT2D eigenvalue weighted by atomic mass is 10.0. The van der Waals surface area contributed by atoms with Crippen LogP contribution in [0.3, 0.4) is 0 Å². The normalized spacial score (nSPS) is 18.5. The standard InChI is InChI=1S/C22H31N3O5/c1-2-29-11-4-3-5-12-30-13-10-23-17-6-7-18-16(14-17)15-25(22(18)28)19-8-9-20(26)24-21(19)27/h6-7,14,19,23H,2-5,8-13,15H2,1H3,(H,24,26,27). The van der Waals surface area contributed by atoms with Crippen LogP contribution in [0.25, 0.3) is 0 Å². The Kier molecular flexibility index (Phi) is 8.21. The van der Waals surface area contributed by atoms with Crippen molar-refractivity contribution in [2.75, 3.05) is 38.3 Å². The van der Waals surface area contributed by atoms with Gasteiger partial charge in [-0.1, -0.05) is 0 Å². The predicted molar refractivity (Wildman–Crippen MR) is 112 cm³/mol. The Bertz CT molecular complexity index is 767. The molecule has 0 aliphatic carbocycles. The maximum absolute atomic E-state index is 12.7. The molecule has 1 fully saturated rings. The van der Waals surface area contributed by atoms with Crippen molar-refractivity contribution >= 4 is 23.4 Å². The lowest BCUT2D eigenvalue weighted by Crippen LogP contribution is -2.52. The summed E-state index contributed by atoms with van der Waals surface area (Å²) >= 11 is 0. The summed E-state index contributed by atoms with van der Waals surface area (Å²) in [5.41, 5.74) is 2.44. The van der Waals surface area contributed by atoms with E-state index in [4.69, 9.17) is 9.47 Å². The number of fused-ring (bicyclic) bond motifs is 1. The third kappa shape index (κ3) is 5.79. The van der Waals surface area contributed by atoms with Gasteiger partial charge in [0.1, 0.15) is 6.04 Å². The number of amides is 3. The number of hydrogen-bond acceptors (Lipinski definition) is 6. The number of nitrogens with zero attached hydrogens (tertiary/aromatic N) is 1. The number of unbranched alkanes of at least 4 members (excludes halogenated alkanes) is 2. The molecule has 1 saturated heterocycles. The molecule has 1 aromatic carbocycles. The topological polar surface area (TPSA) is 97.0 Å². The average molecular weight is 418 g/mol. The predicted octanol–water partition coefficient (Wildman–Crippen LogP) is 2.08. The van der Waals surface area contributed by atoms with Crippen molar-refractivity contribution in [3.63, 3.8) is 0 Å². The number of hydrogen-bond donors (Lipinski definition) is 2. The number of nitrogens with one attached hydrogen (secondary N) is 2. The first-order valence-corrected chi connectivity index (χ1v) is 10.8. The van der Waals surface area contributed by atoms with E-state index in [0.29, 0.717) is 31.7 Å². The highest BCUT2D eigenvalue weighted by Crippen LogP contribution is 2.29. The van der Waals surface area contributed by atoms with E-state index in [1.54, 1.807) is 11.0 Å². The van der Waals surface area contributed by atoms with Crippen molar-refractivity contribution in [1.29, 1.82) is 0 Å². The molecular formula is C22H31N3O5. The van der Waals surface area contributed by atoms with Crippen LogP contribution in [0.2, 0.25) is 0 Å². The summed E-state index contributed by atoms with van der Waals surface area (Å²) in [6, 6.07) is 5.04. The van der Waals surface area contributed by atoms with Crippen molar-refractivity contribution in [3.8, 4) is 0 Å². The van der Waals surface area contributed by atoms with Gasteiger partial charge in [0.2, 0.25) is 11.8 Å². The van der Waals surface area contributed by atoms with Gasteiger partial charge in [-0.3, -0.25) is 19.7 Å². The van der Waals surface area contributed by atoms with Gasteiger partial charge in [-0.2, -0.15) is 0 Å². The van der Waals surface area contributed by atoms with Crippen LogP contribution in [0, 0.1) is 0 Å². The number of rotatable bonds is 12. The Morgan fingerprint density at radius 2 is 1.90 bits per heavy atom. The lowest BCUT2D eigenvalue weighted by molar-refractivity contribution is -0.136. The fourth-order valence-electron chi connectivity index (χ4n) is 3.78. The smallest absolute Gasteiger partial charge is 0.255 e. The van der Waals surface area contributed by atoms with Crippen LogP contribution in [-0.2, 0) is 25.6 Å². The number of carbonyl (C=O) groups excluding carboxylic acids is 3. The van der Waals surface area contributed by atoms with Crippen LogP contribution in [0.1, 0.15) is 54.9 Å². The summed E-state index contributed by atoms with van der Waals surface area (Å²) in [7, 11) is 0. The molecular weight excluding hydrogens is 386 g/mol. The molecule has 2 aliphatic rings. The molecule has 3 rings (SSSR count). The van der Waals surface area contributed by atoms with Crippen molar-refractivity contribution in [3.05, 3.63) is 29.3 Å². The summed E-state index contributed by atoms with van der Waals surface area (Å²) < 4.78 is 11.0. The zero-order valence-corrected chi connectivity index (χ0v) is 17.6. The fraction of sp³-hybridized carbons (Fsp3) is 0.591. The van der Waals surface area contributed by atoms with Crippen LogP contribution < -0.4 is 10.6 Å². The zero-order valence-electron chi connectivity index (χ0n) is 17.6. The number of carbonyl (C=O) groups is 3. The molecule has 2 aliphatic heterocycles. The number of piperidine rings is 1. The van der Waals surface area contributed by atoms with Gasteiger partial charge in [0, 0.05) is 50.6 Å². The molecule has 30 heavy (non-hydrogen) atoms. The highest BCUT2D eigenvalue weighted by atomic mass is 16.5. The van der Waals surface area contributed by atoms with Crippen molar-refractivity contribution in [2.45, 2.75) is 51.6 Å². The summed E-state index contributed by atoms with van der Waals surface area (Å²) in [6.45, 7) is 6.02. The molecule has 1 atom stereocenters. The summed E-state index contributed by atoms with van der Waals surface area (Å²) in [4.78, 5) is 37.7. The van der Waals surface area contributed by atoms with Gasteiger partial charge in [-0.25, -0.2) is 0 Å². The third-order valence-corrected chi connectivity index (χ3v) is 5.38. The molecule has 164 valence electrons. The van der Waals surface area contributed by atoms with E-state index in [2.05, 4.69) is 10.6 Å². The summed E-state index contributed by atoms with van der Waals surface area (Å²) in [5, 5.41) is 5.64. The second-order valence-corrected chi connectivity index (χ2v) is 7.57. The van der Waals surface area contributed by atoms with E-state index >= 15 is 0 Å². The number of imide groups is 1. The minimum atomic E-state index is -0.582. The van der Waals surface area contributed by atoms with Crippen molar-refractivity contribution in [2.24, 2.45) is 0 Å². The van der Waals surface area contributed by atoms with Gasteiger partial charge in [0.05, 0.1) is 6.61 Å². The molecule has 8 nitrogen and oxygen atoms in total. The Balaban J connectivity index is 1.40. The first-order valence-electron chi connectivity index (χ1n) is 10.8. The first kappa shape index (κ1) is 22.2. The van der Waals surface area contributed by atoms with E-state index in [9.17, 15) is 14.4 Å². The lowest BCUT2D eigenvalue weighted by Gasteiger charge is -2.29. The van der Waals surface area contributed by atoms with Gasteiger partial charge in [0.15, 0.2) is 0 Å². The van der Waals surface area contributed by atoms with E-state index < -0.39 is 6.04 Å². The Morgan fingerprint density at radius 1 is 1.10 bits per heavy atom. The highest BCUT2D eigenvalue weighted by molar-refractivity contribution is 6.05. The molecule has 2 N–H and O–H groups in total. The van der Waals surface area contributed by atoms with Crippen LogP contribution in [0.15, 0.2) is 18.2 Å². The Morgan fingerprint density at radius 3 is 2.67 bits per heavy atom. The number of benzene rings is 1. The summed E-state index contributed by atoms with van der Waals surface area (Å²) in [5.74, 6) is -0.820. The maximum Gasteiger partial charge on any atom is 0.255 e. The van der Waals surface area contributed by atoms with Gasteiger partial charge in [-0.15, -0.1) is 0 Å². The van der Waals surface area contributed by atoms with E-state index in [1.165, 1.54) is 0 Å². The minimum absolute atomic E-state index is 0.154. The zero-order chi connectivity index (χ0) is 21.3. The van der Waals surface area contributed by atoms with Gasteiger partial charge < -0.3 is 19.7 Å². The second kappa shape index (κ2) is 11.1. The van der Waals surface area contributed by atoms with Gasteiger partial charge >= 0.3 is 0 Å². The van der Waals surface area contributed by atoms with Crippen LogP contribution in [0.5, 0.6) is 0 Å². The molecule has 0 bridgehead atoms. The maximum atomic E-state index is 12.7. The van der Waals surface area contributed by atoms with Crippen LogP contribution in [-0.4, -0.2) is 61.6 Å². The molecule has 8 heteroatoms. The largest absolute Gasteiger partial charge is 0.383 e. The molecule has 0 radical (unpaired) electrons. The summed E-state index contributed by atoms with van der Waals surface area (Å²) in [6.07, 6.45) is 3.84. The number of ether oxygens (including phenoxy) is 2. The SMILES string of the molecule is CCOCCCCCOCCNc1ccc2c(c1)CN(C1CCC(=O)NC1=O)C2=O. The number of anilines is 1. The average Bonchev–Trinajstić information content (AvgIpc) is 3.05. The first-order chi connectivity index (χ1) is 14.6. The van der Waals surface area contributed by atoms with Crippen LogP contribution in [0.4, 0.5) is 5.69 Å². The van der Waals surface area contributed by atoms with E-state index in [1.807, 2.05) is 19.1 Å². The second-order valence-electron chi connectivity index (χ2n) is 7.57. The van der Waals surface area contributed by atoms with Gasteiger partial charge in [-0.05, 0) is 56.4 Å². The van der Waals surface area contributed by atoms with Crippen LogP contribution >= 0.6 is 0 Å². The molecule has 1 aromatic rings. The molecule has 2 heterocycles. The minimum Gasteiger partial charge on any atom is -0.383 e. The molecule has 0 spiro atoms. The van der Waals surface area contributed by atoms with Crippen molar-refractivity contribution in [1.82, 2.24) is 10.2 Å². The Hall–Kier alpha value is -2.45. The van der Waals surface area contributed by atoms with E-state index in [0.717, 1.165) is 50.3 Å². The van der Waals surface area contributed by atoms with Crippen molar-refractivity contribution < 1.29 is 23.9 Å². The molecule has 1 unspecified atom stereocenters. The quantitative estimate of drug-likeness (QED) is 0.399. The molecule has 0 aromatic heterocycles. The monoisotopic (exact) mass is 417 g/mol. The van der Waals surface area contributed by atoms with Gasteiger partial charge in [0.25, 0.3) is 5.91 Å².